The van der Waals surface area contributed by atoms with Crippen LogP contribution in [0.4, 0.5) is 5.13 Å². The number of hydrogen-bond acceptors (Lipinski definition) is 5. The molecule has 0 N–H and O–H groups in total. The van der Waals surface area contributed by atoms with Crippen molar-refractivity contribution in [2.45, 2.75) is 6.42 Å². The summed E-state index contributed by atoms with van der Waals surface area (Å²) in [6, 6.07) is 14.8. The zero-order valence-electron chi connectivity index (χ0n) is 13.8. The molecule has 0 aliphatic rings. The van der Waals surface area contributed by atoms with Gasteiger partial charge in [0, 0.05) is 23.2 Å². The fraction of sp³-hybridized carbons (Fsp3) is 0.167. The quantitative estimate of drug-likeness (QED) is 0.676. The van der Waals surface area contributed by atoms with Gasteiger partial charge in [0.1, 0.15) is 10.8 Å². The molecule has 3 aromatic rings. The average molecular weight is 374 g/mol. The Bertz CT molecular complexity index is 880. The van der Waals surface area contributed by atoms with Crippen molar-refractivity contribution in [3.63, 3.8) is 0 Å². The van der Waals surface area contributed by atoms with Gasteiger partial charge < -0.3 is 4.74 Å². The van der Waals surface area contributed by atoms with Gasteiger partial charge in [-0.15, -0.1) is 10.2 Å². The molecule has 7 heteroatoms. The van der Waals surface area contributed by atoms with Crippen molar-refractivity contribution in [1.29, 1.82) is 0 Å². The summed E-state index contributed by atoms with van der Waals surface area (Å²) in [6.07, 6.45) is 0.233. The summed E-state index contributed by atoms with van der Waals surface area (Å²) in [7, 11) is 3.29. The van der Waals surface area contributed by atoms with E-state index in [1.807, 2.05) is 36.4 Å². The first-order chi connectivity index (χ1) is 12.1. The number of nitrogens with zero attached hydrogens (tertiary/aromatic N) is 3. The van der Waals surface area contributed by atoms with E-state index < -0.39 is 0 Å². The van der Waals surface area contributed by atoms with E-state index in [4.69, 9.17) is 16.3 Å². The molecule has 5 nitrogen and oxygen atoms in total. The average Bonchev–Trinajstić information content (AvgIpc) is 3.12. The van der Waals surface area contributed by atoms with Gasteiger partial charge in [0.25, 0.3) is 0 Å². The van der Waals surface area contributed by atoms with E-state index in [0.29, 0.717) is 15.9 Å². The maximum Gasteiger partial charge on any atom is 0.233 e. The maximum absolute atomic E-state index is 12.6. The Morgan fingerprint density at radius 1 is 1.16 bits per heavy atom. The number of methoxy groups -OCH3 is 1. The number of ether oxygens (including phenoxy) is 1. The minimum atomic E-state index is -0.0803. The third-order valence-electron chi connectivity index (χ3n) is 3.70. The first kappa shape index (κ1) is 17.4. The first-order valence-electron chi connectivity index (χ1n) is 7.56. The third kappa shape index (κ3) is 3.97. The molecule has 0 saturated heterocycles. The van der Waals surface area contributed by atoms with E-state index in [1.54, 1.807) is 26.3 Å². The summed E-state index contributed by atoms with van der Waals surface area (Å²) in [5, 5.41) is 10.2. The number of aromatic nitrogens is 2. The van der Waals surface area contributed by atoms with Crippen LogP contribution in [-0.4, -0.2) is 30.3 Å². The number of halogens is 1. The molecule has 0 bridgehead atoms. The lowest BCUT2D eigenvalue weighted by Crippen LogP contribution is -2.27. The smallest absolute Gasteiger partial charge is 0.233 e. The molecule has 0 unspecified atom stereocenters. The van der Waals surface area contributed by atoms with Gasteiger partial charge in [0.15, 0.2) is 0 Å². The fourth-order valence-corrected chi connectivity index (χ4v) is 3.25. The highest BCUT2D eigenvalue weighted by atomic mass is 35.5. The monoisotopic (exact) mass is 373 g/mol. The van der Waals surface area contributed by atoms with Crippen molar-refractivity contribution >= 4 is 34.0 Å². The van der Waals surface area contributed by atoms with Crippen LogP contribution in [0.2, 0.25) is 5.02 Å². The van der Waals surface area contributed by atoms with E-state index in [0.717, 1.165) is 16.1 Å². The molecule has 2 aromatic carbocycles. The second-order valence-corrected chi connectivity index (χ2v) is 6.73. The molecule has 1 aromatic heterocycles. The molecule has 0 radical (unpaired) electrons. The number of likely N-dealkylation sites (N-methyl/N-ethyl adjacent to an activating group) is 1. The normalized spacial score (nSPS) is 10.5. The maximum atomic E-state index is 12.6. The molecule has 25 heavy (non-hydrogen) atoms. The van der Waals surface area contributed by atoms with Crippen molar-refractivity contribution in [3.8, 4) is 16.3 Å². The Hall–Kier alpha value is -2.44. The zero-order valence-corrected chi connectivity index (χ0v) is 15.3. The van der Waals surface area contributed by atoms with Crippen molar-refractivity contribution in [3.05, 3.63) is 59.1 Å². The molecule has 3 rings (SSSR count). The molecule has 1 heterocycles. The number of carbonyl (C=O) groups excluding carboxylic acids is 1. The van der Waals surface area contributed by atoms with Crippen LogP contribution in [0.25, 0.3) is 10.6 Å². The Morgan fingerprint density at radius 3 is 2.60 bits per heavy atom. The highest BCUT2D eigenvalue weighted by molar-refractivity contribution is 7.18. The lowest BCUT2D eigenvalue weighted by molar-refractivity contribution is -0.117. The van der Waals surface area contributed by atoms with Crippen LogP contribution in [0.1, 0.15) is 5.56 Å². The summed E-state index contributed by atoms with van der Waals surface area (Å²) in [5.74, 6) is 0.617. The molecular weight excluding hydrogens is 358 g/mol. The molecule has 128 valence electrons. The van der Waals surface area contributed by atoms with Gasteiger partial charge in [0.05, 0.1) is 13.5 Å². The second kappa shape index (κ2) is 7.63. The SMILES string of the molecule is COc1ccccc1CC(=O)N(C)c1nnc(-c2ccc(Cl)cc2)s1. The predicted molar refractivity (Wildman–Crippen MR) is 100 cm³/mol. The number of amides is 1. The number of anilines is 1. The molecule has 0 spiro atoms. The lowest BCUT2D eigenvalue weighted by Gasteiger charge is -2.14. The van der Waals surface area contributed by atoms with Gasteiger partial charge in [0.2, 0.25) is 11.0 Å². The van der Waals surface area contributed by atoms with E-state index in [-0.39, 0.29) is 12.3 Å². The first-order valence-corrected chi connectivity index (χ1v) is 8.76. The number of rotatable bonds is 5. The highest BCUT2D eigenvalue weighted by Crippen LogP contribution is 2.29. The molecule has 0 atom stereocenters. The third-order valence-corrected chi connectivity index (χ3v) is 5.00. The minimum absolute atomic E-state index is 0.0803. The van der Waals surface area contributed by atoms with Crippen LogP contribution in [0.15, 0.2) is 48.5 Å². The van der Waals surface area contributed by atoms with Crippen LogP contribution in [0.3, 0.4) is 0 Å². The van der Waals surface area contributed by atoms with Crippen LogP contribution < -0.4 is 9.64 Å². The lowest BCUT2D eigenvalue weighted by atomic mass is 10.1. The van der Waals surface area contributed by atoms with Gasteiger partial charge in [-0.3, -0.25) is 9.69 Å². The highest BCUT2D eigenvalue weighted by Gasteiger charge is 2.18. The van der Waals surface area contributed by atoms with Crippen molar-refractivity contribution in [2.75, 3.05) is 19.1 Å². The Balaban J connectivity index is 1.75. The van der Waals surface area contributed by atoms with Crippen molar-refractivity contribution in [2.24, 2.45) is 0 Å². The number of hydrogen-bond donors (Lipinski definition) is 0. The van der Waals surface area contributed by atoms with E-state index in [1.165, 1.54) is 16.2 Å². The Kier molecular flexibility index (Phi) is 5.31. The molecule has 0 fully saturated rings. The second-order valence-electron chi connectivity index (χ2n) is 5.34. The van der Waals surface area contributed by atoms with E-state index in [9.17, 15) is 4.79 Å². The van der Waals surface area contributed by atoms with Gasteiger partial charge in [-0.05, 0) is 18.2 Å². The Morgan fingerprint density at radius 2 is 1.88 bits per heavy atom. The summed E-state index contributed by atoms with van der Waals surface area (Å²) in [6.45, 7) is 0. The number of carbonyl (C=O) groups is 1. The number of para-hydroxylation sites is 1. The topological polar surface area (TPSA) is 55.3 Å². The van der Waals surface area contributed by atoms with Crippen LogP contribution in [-0.2, 0) is 11.2 Å². The molecule has 0 saturated carbocycles. The fourth-order valence-electron chi connectivity index (χ4n) is 2.30. The van der Waals surface area contributed by atoms with E-state index >= 15 is 0 Å². The van der Waals surface area contributed by atoms with Gasteiger partial charge in [-0.25, -0.2) is 0 Å². The van der Waals surface area contributed by atoms with E-state index in [2.05, 4.69) is 10.2 Å². The summed E-state index contributed by atoms with van der Waals surface area (Å²) < 4.78 is 5.30. The molecular formula is C18H16ClN3O2S. The summed E-state index contributed by atoms with van der Waals surface area (Å²) in [4.78, 5) is 14.1. The largest absolute Gasteiger partial charge is 0.496 e. The molecule has 0 aliphatic heterocycles. The van der Waals surface area contributed by atoms with Crippen LogP contribution in [0, 0.1) is 0 Å². The number of benzene rings is 2. The zero-order chi connectivity index (χ0) is 17.8. The van der Waals surface area contributed by atoms with Gasteiger partial charge >= 0.3 is 0 Å². The van der Waals surface area contributed by atoms with Crippen molar-refractivity contribution in [1.82, 2.24) is 10.2 Å². The van der Waals surface area contributed by atoms with Gasteiger partial charge in [-0.2, -0.15) is 0 Å². The summed E-state index contributed by atoms with van der Waals surface area (Å²) >= 11 is 7.26. The molecule has 0 aliphatic carbocycles. The van der Waals surface area contributed by atoms with Gasteiger partial charge in [-0.1, -0.05) is 53.3 Å². The molecule has 1 amide bonds. The predicted octanol–water partition coefficient (Wildman–Crippen LogP) is 4.07. The van der Waals surface area contributed by atoms with Crippen LogP contribution >= 0.6 is 22.9 Å². The minimum Gasteiger partial charge on any atom is -0.496 e. The van der Waals surface area contributed by atoms with Crippen molar-refractivity contribution < 1.29 is 9.53 Å². The standard InChI is InChI=1S/C18H16ClN3O2S/c1-22(16(23)11-13-5-3-4-6-15(13)24-2)18-21-20-17(25-18)12-7-9-14(19)10-8-12/h3-10H,11H2,1-2H3. The van der Waals surface area contributed by atoms with Crippen LogP contribution in [0.5, 0.6) is 5.75 Å². The summed E-state index contributed by atoms with van der Waals surface area (Å²) in [5.41, 5.74) is 1.75. The Labute approximate surface area is 154 Å².